The molecule has 1 heterocycles. The van der Waals surface area contributed by atoms with Crippen LogP contribution < -0.4 is 5.32 Å². The molecule has 29 heavy (non-hydrogen) atoms. The van der Waals surface area contributed by atoms with Crippen molar-refractivity contribution in [3.8, 4) is 11.4 Å². The van der Waals surface area contributed by atoms with Crippen molar-refractivity contribution < 1.29 is 27.4 Å². The predicted molar refractivity (Wildman–Crippen MR) is 93.7 cm³/mol. The smallest absolute Gasteiger partial charge is 0.341 e. The van der Waals surface area contributed by atoms with Crippen molar-refractivity contribution in [2.75, 3.05) is 0 Å². The number of nitro benzene ring substituents is 1. The standard InChI is InChI=1S/C18H13F3N4O4/c1-10(22-16(26)12-2-6-13(7-3-12)18(19,20)21)17-23-15(24-29-17)11-4-8-14(9-5-11)25(27)28/h2-10H,1H3,(H,22,26)/t10-/m1/s1. The first-order chi connectivity index (χ1) is 13.6. The number of rotatable bonds is 5. The van der Waals surface area contributed by atoms with Crippen molar-refractivity contribution in [3.63, 3.8) is 0 Å². The molecule has 3 rings (SSSR count). The van der Waals surface area contributed by atoms with E-state index in [1.54, 1.807) is 6.92 Å². The van der Waals surface area contributed by atoms with Gasteiger partial charge >= 0.3 is 6.18 Å². The van der Waals surface area contributed by atoms with Crippen LogP contribution in [-0.2, 0) is 6.18 Å². The largest absolute Gasteiger partial charge is 0.416 e. The molecule has 0 saturated carbocycles. The molecule has 0 bridgehead atoms. The molecule has 0 saturated heterocycles. The number of non-ortho nitro benzene ring substituents is 1. The summed E-state index contributed by atoms with van der Waals surface area (Å²) in [7, 11) is 0. The molecule has 0 aliphatic carbocycles. The first kappa shape index (κ1) is 20.0. The topological polar surface area (TPSA) is 111 Å². The van der Waals surface area contributed by atoms with E-state index in [4.69, 9.17) is 4.52 Å². The number of alkyl halides is 3. The Labute approximate surface area is 161 Å². The molecular formula is C18H13F3N4O4. The third-order valence-electron chi connectivity index (χ3n) is 3.97. The minimum Gasteiger partial charge on any atom is -0.341 e. The summed E-state index contributed by atoms with van der Waals surface area (Å²) in [5.41, 5.74) is -0.423. The first-order valence-corrected chi connectivity index (χ1v) is 8.21. The Morgan fingerprint density at radius 1 is 1.14 bits per heavy atom. The highest BCUT2D eigenvalue weighted by atomic mass is 19.4. The second kappa shape index (κ2) is 7.70. The van der Waals surface area contributed by atoms with Crippen molar-refractivity contribution in [2.24, 2.45) is 0 Å². The highest BCUT2D eigenvalue weighted by molar-refractivity contribution is 5.94. The molecular weight excluding hydrogens is 393 g/mol. The Hall–Kier alpha value is -3.76. The summed E-state index contributed by atoms with van der Waals surface area (Å²) < 4.78 is 42.9. The van der Waals surface area contributed by atoms with E-state index in [1.807, 2.05) is 0 Å². The summed E-state index contributed by atoms with van der Waals surface area (Å²) in [4.78, 5) is 26.5. The van der Waals surface area contributed by atoms with Crippen molar-refractivity contribution in [1.82, 2.24) is 15.5 Å². The molecule has 1 aromatic heterocycles. The number of nitro groups is 1. The molecule has 1 amide bonds. The number of halogens is 3. The van der Waals surface area contributed by atoms with Gasteiger partial charge in [-0.15, -0.1) is 0 Å². The number of hydrogen-bond acceptors (Lipinski definition) is 6. The van der Waals surface area contributed by atoms with Gasteiger partial charge in [0.2, 0.25) is 11.7 Å². The van der Waals surface area contributed by atoms with E-state index in [0.717, 1.165) is 24.3 Å². The van der Waals surface area contributed by atoms with E-state index < -0.39 is 28.6 Å². The number of hydrogen-bond donors (Lipinski definition) is 1. The minimum atomic E-state index is -4.49. The number of nitrogens with one attached hydrogen (secondary N) is 1. The maximum atomic E-state index is 12.6. The Morgan fingerprint density at radius 2 is 1.76 bits per heavy atom. The number of aromatic nitrogens is 2. The van der Waals surface area contributed by atoms with Crippen LogP contribution in [0.1, 0.15) is 34.8 Å². The Morgan fingerprint density at radius 3 is 2.31 bits per heavy atom. The quantitative estimate of drug-likeness (QED) is 0.503. The van der Waals surface area contributed by atoms with Crippen molar-refractivity contribution >= 4 is 11.6 Å². The van der Waals surface area contributed by atoms with Gasteiger partial charge < -0.3 is 9.84 Å². The first-order valence-electron chi connectivity index (χ1n) is 8.21. The Balaban J connectivity index is 1.69. The summed E-state index contributed by atoms with van der Waals surface area (Å²) in [5, 5.41) is 17.0. The second-order valence-electron chi connectivity index (χ2n) is 6.03. The molecule has 0 unspecified atom stereocenters. The third-order valence-corrected chi connectivity index (χ3v) is 3.97. The Kier molecular flexibility index (Phi) is 5.31. The van der Waals surface area contributed by atoms with Crippen LogP contribution in [0.4, 0.5) is 18.9 Å². The van der Waals surface area contributed by atoms with Gasteiger partial charge in [0.1, 0.15) is 6.04 Å². The molecule has 3 aromatic rings. The van der Waals surface area contributed by atoms with E-state index in [2.05, 4.69) is 15.5 Å². The molecule has 0 radical (unpaired) electrons. The van der Waals surface area contributed by atoms with Gasteiger partial charge in [0.15, 0.2) is 0 Å². The number of carbonyl (C=O) groups is 1. The van der Waals surface area contributed by atoms with Crippen molar-refractivity contribution in [3.05, 3.63) is 75.7 Å². The number of carbonyl (C=O) groups excluding carboxylic acids is 1. The van der Waals surface area contributed by atoms with Crippen LogP contribution in [0.5, 0.6) is 0 Å². The molecule has 8 nitrogen and oxygen atoms in total. The van der Waals surface area contributed by atoms with Crippen LogP contribution in [0.15, 0.2) is 53.1 Å². The molecule has 150 valence electrons. The summed E-state index contributed by atoms with van der Waals surface area (Å²) >= 11 is 0. The monoisotopic (exact) mass is 406 g/mol. The van der Waals surface area contributed by atoms with Crippen molar-refractivity contribution in [2.45, 2.75) is 19.1 Å². The fourth-order valence-corrected chi connectivity index (χ4v) is 2.41. The third kappa shape index (κ3) is 4.57. The lowest BCUT2D eigenvalue weighted by Crippen LogP contribution is -2.26. The van der Waals surface area contributed by atoms with Gasteiger partial charge in [-0.2, -0.15) is 18.2 Å². The van der Waals surface area contributed by atoms with Crippen LogP contribution in [0.3, 0.4) is 0 Å². The zero-order valence-corrected chi connectivity index (χ0v) is 14.8. The molecule has 0 aliphatic heterocycles. The molecule has 1 atom stereocenters. The van der Waals surface area contributed by atoms with Crippen molar-refractivity contribution in [1.29, 1.82) is 0 Å². The minimum absolute atomic E-state index is 0.0416. The van der Waals surface area contributed by atoms with Gasteiger partial charge in [-0.1, -0.05) is 5.16 Å². The molecule has 0 fully saturated rings. The summed E-state index contributed by atoms with van der Waals surface area (Å²) in [6, 6.07) is 8.56. The summed E-state index contributed by atoms with van der Waals surface area (Å²) in [5.74, 6) is -0.370. The van der Waals surface area contributed by atoms with Gasteiger partial charge in [0.05, 0.1) is 10.5 Å². The lowest BCUT2D eigenvalue weighted by molar-refractivity contribution is -0.384. The average molecular weight is 406 g/mol. The van der Waals surface area contributed by atoms with Gasteiger partial charge in [0.25, 0.3) is 11.6 Å². The summed E-state index contributed by atoms with van der Waals surface area (Å²) in [6.45, 7) is 1.56. The number of nitrogens with zero attached hydrogens (tertiary/aromatic N) is 3. The van der Waals surface area contributed by atoms with E-state index >= 15 is 0 Å². The molecule has 11 heteroatoms. The number of benzene rings is 2. The lowest BCUT2D eigenvalue weighted by Gasteiger charge is -2.11. The zero-order valence-electron chi connectivity index (χ0n) is 14.8. The Bertz CT molecular complexity index is 1030. The zero-order chi connectivity index (χ0) is 21.2. The predicted octanol–water partition coefficient (Wildman–Crippen LogP) is 4.15. The van der Waals surface area contributed by atoms with Gasteiger partial charge in [-0.25, -0.2) is 0 Å². The van der Waals surface area contributed by atoms with Crippen LogP contribution in [0.25, 0.3) is 11.4 Å². The lowest BCUT2D eigenvalue weighted by atomic mass is 10.1. The molecule has 2 aromatic carbocycles. The average Bonchev–Trinajstić information content (AvgIpc) is 3.18. The maximum Gasteiger partial charge on any atom is 0.416 e. The van der Waals surface area contributed by atoms with Gasteiger partial charge in [-0.3, -0.25) is 14.9 Å². The van der Waals surface area contributed by atoms with Crippen LogP contribution in [0.2, 0.25) is 0 Å². The highest BCUT2D eigenvalue weighted by Crippen LogP contribution is 2.29. The van der Waals surface area contributed by atoms with Crippen LogP contribution in [0, 0.1) is 10.1 Å². The maximum absolute atomic E-state index is 12.6. The van der Waals surface area contributed by atoms with E-state index in [1.165, 1.54) is 24.3 Å². The molecule has 1 N–H and O–H groups in total. The van der Waals surface area contributed by atoms with Gasteiger partial charge in [-0.05, 0) is 43.3 Å². The number of amides is 1. The molecule has 0 aliphatic rings. The van der Waals surface area contributed by atoms with E-state index in [-0.39, 0.29) is 23.0 Å². The van der Waals surface area contributed by atoms with Crippen LogP contribution in [-0.4, -0.2) is 21.0 Å². The summed E-state index contributed by atoms with van der Waals surface area (Å²) in [6.07, 6.45) is -4.49. The highest BCUT2D eigenvalue weighted by Gasteiger charge is 2.30. The van der Waals surface area contributed by atoms with Gasteiger partial charge in [0, 0.05) is 23.3 Å². The fraction of sp³-hybridized carbons (Fsp3) is 0.167. The normalized spacial score (nSPS) is 12.4. The SMILES string of the molecule is C[C@@H](NC(=O)c1ccc(C(F)(F)F)cc1)c1nc(-c2ccc([N+](=O)[O-])cc2)no1. The van der Waals surface area contributed by atoms with E-state index in [0.29, 0.717) is 5.56 Å². The molecule has 0 spiro atoms. The van der Waals surface area contributed by atoms with E-state index in [9.17, 15) is 28.1 Å². The second-order valence-corrected chi connectivity index (χ2v) is 6.03. The fourth-order valence-electron chi connectivity index (χ4n) is 2.41. The van der Waals surface area contributed by atoms with Crippen LogP contribution >= 0.6 is 0 Å².